The number of piperidine rings is 1. The fraction of sp³-hybridized carbons (Fsp3) is 0.938. The quantitative estimate of drug-likeness (QED) is 0.747. The van der Waals surface area contributed by atoms with Crippen LogP contribution in [0.1, 0.15) is 32.1 Å². The van der Waals surface area contributed by atoms with E-state index in [1.54, 1.807) is 0 Å². The Hall–Kier alpha value is -0.660. The lowest BCUT2D eigenvalue weighted by molar-refractivity contribution is -0.138. The zero-order valence-electron chi connectivity index (χ0n) is 14.0. The first-order valence-corrected chi connectivity index (χ1v) is 10.5. The molecule has 3 heterocycles. The number of likely N-dealkylation sites (tertiary alicyclic amines) is 1. The number of carbonyl (C=O) groups is 1. The van der Waals surface area contributed by atoms with Crippen LogP contribution in [0.5, 0.6) is 0 Å². The van der Waals surface area contributed by atoms with Gasteiger partial charge < -0.3 is 9.64 Å². The van der Waals surface area contributed by atoms with E-state index in [1.165, 1.54) is 6.42 Å². The number of rotatable bonds is 3. The standard InChI is InChI=1S/C16H28N2O4S/c1-17(14-3-10-23(20,21)12-14)11-15(19)18-7-2-4-16(13-18)5-8-22-9-6-16/h14H,2-13H2,1H3. The molecule has 6 nitrogen and oxygen atoms in total. The van der Waals surface area contributed by atoms with Crippen molar-refractivity contribution in [1.29, 1.82) is 0 Å². The molecule has 0 aliphatic carbocycles. The van der Waals surface area contributed by atoms with Crippen LogP contribution in [0.3, 0.4) is 0 Å². The summed E-state index contributed by atoms with van der Waals surface area (Å²) in [6.45, 7) is 3.61. The van der Waals surface area contributed by atoms with Crippen LogP contribution in [0.4, 0.5) is 0 Å². The summed E-state index contributed by atoms with van der Waals surface area (Å²) in [4.78, 5) is 16.6. The Kier molecular flexibility index (Phi) is 4.99. The highest BCUT2D eigenvalue weighted by Gasteiger charge is 2.39. The van der Waals surface area contributed by atoms with E-state index in [4.69, 9.17) is 4.74 Å². The van der Waals surface area contributed by atoms with Crippen LogP contribution in [-0.2, 0) is 19.4 Å². The van der Waals surface area contributed by atoms with E-state index >= 15 is 0 Å². The molecule has 0 aromatic carbocycles. The van der Waals surface area contributed by atoms with E-state index < -0.39 is 9.84 Å². The number of hydrogen-bond donors (Lipinski definition) is 0. The average molecular weight is 344 g/mol. The van der Waals surface area contributed by atoms with Gasteiger partial charge in [0, 0.05) is 32.3 Å². The van der Waals surface area contributed by atoms with Crippen molar-refractivity contribution in [3.05, 3.63) is 0 Å². The Morgan fingerprint density at radius 1 is 1.30 bits per heavy atom. The van der Waals surface area contributed by atoms with Gasteiger partial charge in [0.05, 0.1) is 18.1 Å². The molecule has 0 radical (unpaired) electrons. The van der Waals surface area contributed by atoms with E-state index in [2.05, 4.69) is 0 Å². The van der Waals surface area contributed by atoms with Crippen LogP contribution in [0.2, 0.25) is 0 Å². The number of likely N-dealkylation sites (N-methyl/N-ethyl adjacent to an activating group) is 1. The molecule has 1 amide bonds. The average Bonchev–Trinajstić information content (AvgIpc) is 2.88. The molecule has 1 spiro atoms. The molecule has 0 bridgehead atoms. The first-order chi connectivity index (χ1) is 10.9. The second-order valence-electron chi connectivity index (χ2n) is 7.50. The van der Waals surface area contributed by atoms with Crippen molar-refractivity contribution in [3.8, 4) is 0 Å². The van der Waals surface area contributed by atoms with Gasteiger partial charge in [-0.15, -0.1) is 0 Å². The molecule has 3 rings (SSSR count). The summed E-state index contributed by atoms with van der Waals surface area (Å²) in [5.41, 5.74) is 0.251. The molecule has 0 saturated carbocycles. The van der Waals surface area contributed by atoms with Crippen molar-refractivity contribution in [3.63, 3.8) is 0 Å². The Bertz CT molecular complexity index is 537. The summed E-state index contributed by atoms with van der Waals surface area (Å²) in [5.74, 6) is 0.587. The van der Waals surface area contributed by atoms with Crippen LogP contribution in [0, 0.1) is 5.41 Å². The molecule has 3 aliphatic rings. The molecule has 7 heteroatoms. The van der Waals surface area contributed by atoms with Gasteiger partial charge in [0.1, 0.15) is 0 Å². The molecular formula is C16H28N2O4S. The van der Waals surface area contributed by atoms with E-state index in [1.807, 2.05) is 16.8 Å². The van der Waals surface area contributed by atoms with Gasteiger partial charge in [0.25, 0.3) is 0 Å². The van der Waals surface area contributed by atoms with Gasteiger partial charge >= 0.3 is 0 Å². The van der Waals surface area contributed by atoms with E-state index in [0.717, 1.165) is 45.6 Å². The van der Waals surface area contributed by atoms with Crippen molar-refractivity contribution < 1.29 is 17.9 Å². The second kappa shape index (κ2) is 6.69. The lowest BCUT2D eigenvalue weighted by Crippen LogP contribution is -2.51. The molecule has 0 aromatic rings. The summed E-state index contributed by atoms with van der Waals surface area (Å²) >= 11 is 0. The normalized spacial score (nSPS) is 30.0. The SMILES string of the molecule is CN(CC(=O)N1CCCC2(CCOCC2)C1)C1CCS(=O)(=O)C1. The summed E-state index contributed by atoms with van der Waals surface area (Å²) in [5, 5.41) is 0. The zero-order valence-corrected chi connectivity index (χ0v) is 14.8. The van der Waals surface area contributed by atoms with Crippen LogP contribution in [-0.4, -0.2) is 81.6 Å². The van der Waals surface area contributed by atoms with E-state index in [9.17, 15) is 13.2 Å². The maximum Gasteiger partial charge on any atom is 0.236 e. The van der Waals surface area contributed by atoms with Crippen molar-refractivity contribution in [2.24, 2.45) is 5.41 Å². The van der Waals surface area contributed by atoms with Gasteiger partial charge in [0.2, 0.25) is 5.91 Å². The van der Waals surface area contributed by atoms with Crippen LogP contribution >= 0.6 is 0 Å². The summed E-state index contributed by atoms with van der Waals surface area (Å²) in [6, 6.07) is -0.00854. The van der Waals surface area contributed by atoms with Gasteiger partial charge in [-0.3, -0.25) is 9.69 Å². The monoisotopic (exact) mass is 344 g/mol. The Morgan fingerprint density at radius 3 is 2.70 bits per heavy atom. The summed E-state index contributed by atoms with van der Waals surface area (Å²) in [7, 11) is -1.03. The fourth-order valence-corrected chi connectivity index (χ4v) is 6.00. The van der Waals surface area contributed by atoms with Crippen LogP contribution in [0.15, 0.2) is 0 Å². The zero-order chi connectivity index (χ0) is 16.5. The number of nitrogens with zero attached hydrogens (tertiary/aromatic N) is 2. The molecule has 1 unspecified atom stereocenters. The first-order valence-electron chi connectivity index (χ1n) is 8.65. The van der Waals surface area contributed by atoms with Gasteiger partial charge in [-0.25, -0.2) is 8.42 Å². The maximum atomic E-state index is 12.7. The lowest BCUT2D eigenvalue weighted by atomic mass is 9.74. The maximum absolute atomic E-state index is 12.7. The molecule has 3 fully saturated rings. The smallest absolute Gasteiger partial charge is 0.236 e. The van der Waals surface area contributed by atoms with Gasteiger partial charge in [-0.1, -0.05) is 0 Å². The molecule has 23 heavy (non-hydrogen) atoms. The minimum Gasteiger partial charge on any atom is -0.381 e. The predicted octanol–water partition coefficient (Wildman–Crippen LogP) is 0.525. The van der Waals surface area contributed by atoms with Crippen molar-refractivity contribution in [2.75, 3.05) is 51.4 Å². The molecule has 3 aliphatic heterocycles. The van der Waals surface area contributed by atoms with Gasteiger partial charge in [0.15, 0.2) is 9.84 Å². The third-order valence-corrected chi connectivity index (χ3v) is 7.53. The highest BCUT2D eigenvalue weighted by molar-refractivity contribution is 7.91. The number of sulfone groups is 1. The molecule has 0 aromatic heterocycles. The van der Waals surface area contributed by atoms with E-state index in [0.29, 0.717) is 13.0 Å². The molecular weight excluding hydrogens is 316 g/mol. The molecule has 1 atom stereocenters. The third-order valence-electron chi connectivity index (χ3n) is 5.78. The first kappa shape index (κ1) is 17.2. The third kappa shape index (κ3) is 4.06. The Morgan fingerprint density at radius 2 is 2.04 bits per heavy atom. The minimum absolute atomic E-state index is 0.00854. The Balaban J connectivity index is 1.55. The number of amides is 1. The molecule has 132 valence electrons. The largest absolute Gasteiger partial charge is 0.381 e. The van der Waals surface area contributed by atoms with Crippen LogP contribution < -0.4 is 0 Å². The fourth-order valence-electron chi connectivity index (χ4n) is 4.20. The number of hydrogen-bond acceptors (Lipinski definition) is 5. The van der Waals surface area contributed by atoms with E-state index in [-0.39, 0.29) is 28.9 Å². The number of carbonyl (C=O) groups excluding carboxylic acids is 1. The van der Waals surface area contributed by atoms with Crippen molar-refractivity contribution >= 4 is 15.7 Å². The van der Waals surface area contributed by atoms with Gasteiger partial charge in [-0.05, 0) is 44.6 Å². The molecule has 0 N–H and O–H groups in total. The lowest BCUT2D eigenvalue weighted by Gasteiger charge is -2.45. The summed E-state index contributed by atoms with van der Waals surface area (Å²) < 4.78 is 28.7. The summed E-state index contributed by atoms with van der Waals surface area (Å²) in [6.07, 6.45) is 5.00. The second-order valence-corrected chi connectivity index (χ2v) is 9.73. The van der Waals surface area contributed by atoms with Crippen molar-refractivity contribution in [2.45, 2.75) is 38.1 Å². The highest BCUT2D eigenvalue weighted by Crippen LogP contribution is 2.39. The minimum atomic E-state index is -2.90. The number of ether oxygens (including phenoxy) is 1. The topological polar surface area (TPSA) is 66.9 Å². The van der Waals surface area contributed by atoms with Crippen LogP contribution in [0.25, 0.3) is 0 Å². The highest BCUT2D eigenvalue weighted by atomic mass is 32.2. The van der Waals surface area contributed by atoms with Crippen molar-refractivity contribution in [1.82, 2.24) is 9.80 Å². The predicted molar refractivity (Wildman–Crippen MR) is 88.0 cm³/mol. The van der Waals surface area contributed by atoms with Gasteiger partial charge in [-0.2, -0.15) is 0 Å². The Labute approximate surface area is 139 Å². The molecule has 3 saturated heterocycles.